The van der Waals surface area contributed by atoms with E-state index < -0.39 is 0 Å². The molecule has 0 aromatic carbocycles. The molecule has 0 rings (SSSR count). The summed E-state index contributed by atoms with van der Waals surface area (Å²) in [5, 5.41) is 7.57. The van der Waals surface area contributed by atoms with Crippen LogP contribution >= 0.6 is 0 Å². The lowest BCUT2D eigenvalue weighted by Gasteiger charge is -1.52. The molecule has 0 aromatic heterocycles. The molecule has 0 aliphatic heterocycles. The summed E-state index contributed by atoms with van der Waals surface area (Å²) in [6.45, 7) is 1.93. The molecule has 0 saturated heterocycles. The molecule has 0 bridgehead atoms. The van der Waals surface area contributed by atoms with Crippen LogP contribution in [0.3, 0.4) is 0 Å². The first kappa shape index (κ1) is 8.86. The van der Waals surface area contributed by atoms with Crippen LogP contribution in [0.2, 0.25) is 0 Å². The molecule has 0 saturated carbocycles. The van der Waals surface area contributed by atoms with Crippen molar-refractivity contribution in [3.8, 4) is 0 Å². The molecule has 1 N–H and O–H groups in total. The second-order valence-corrected chi connectivity index (χ2v) is 0.316. The van der Waals surface area contributed by atoms with Gasteiger partial charge < -0.3 is 5.11 Å². The summed E-state index contributed by atoms with van der Waals surface area (Å²) in [5.74, 6) is 0. The Morgan fingerprint density at radius 2 is 1.80 bits per heavy atom. The summed E-state index contributed by atoms with van der Waals surface area (Å²) in [5.41, 5.74) is 0. The molecule has 2 heteroatoms. The van der Waals surface area contributed by atoms with E-state index in [2.05, 4.69) is 7.18 Å². The molecule has 31 valence electrons. The highest BCUT2D eigenvalue weighted by Crippen LogP contribution is 1.30. The van der Waals surface area contributed by atoms with Gasteiger partial charge in [-0.25, -0.2) is 4.39 Å². The number of hydrogen-bond acceptors (Lipinski definition) is 1. The first-order valence-corrected chi connectivity index (χ1v) is 1.21. The number of hydrogen-bond donors (Lipinski definition) is 1. The smallest absolute Gasteiger partial charge is 0.232 e. The number of aliphatic hydroxyl groups excluding tert-OH is 1. The van der Waals surface area contributed by atoms with Crippen molar-refractivity contribution in [2.45, 2.75) is 6.92 Å². The summed E-state index contributed by atoms with van der Waals surface area (Å²) in [6.07, 6.45) is 0. The Labute approximate surface area is 31.4 Å². The largest absolute Gasteiger partial charge is 0.397 e. The minimum Gasteiger partial charge on any atom is -0.397 e. The SMILES string of the molecule is CCO.[C]F. The van der Waals surface area contributed by atoms with Crippen molar-refractivity contribution in [1.82, 2.24) is 0 Å². The highest BCUT2D eigenvalue weighted by Gasteiger charge is 1.34. The van der Waals surface area contributed by atoms with Gasteiger partial charge in [0.15, 0.2) is 0 Å². The molecular formula is C3H6FO. The van der Waals surface area contributed by atoms with Gasteiger partial charge in [0.2, 0.25) is 7.18 Å². The Bertz CT molecular complexity index is 6.85. The number of halogens is 1. The molecule has 0 aromatic rings. The van der Waals surface area contributed by atoms with Gasteiger partial charge in [0.25, 0.3) is 0 Å². The minimum atomic E-state index is 0.250. The predicted molar refractivity (Wildman–Crippen MR) is 17.1 cm³/mol. The van der Waals surface area contributed by atoms with Gasteiger partial charge in [0.1, 0.15) is 0 Å². The molecular weight excluding hydrogens is 71.0 g/mol. The second-order valence-electron chi connectivity index (χ2n) is 0.316. The fourth-order valence-corrected chi connectivity index (χ4v) is 0. The molecule has 0 aliphatic rings. The van der Waals surface area contributed by atoms with E-state index in [1.54, 1.807) is 6.92 Å². The monoisotopic (exact) mass is 77.0 g/mol. The molecule has 3 radical (unpaired) electrons. The molecule has 0 atom stereocenters. The maximum absolute atomic E-state index is 8.75. The lowest BCUT2D eigenvalue weighted by Crippen LogP contribution is -1.57. The quantitative estimate of drug-likeness (QED) is 0.446. The van der Waals surface area contributed by atoms with Crippen LogP contribution < -0.4 is 0 Å². The van der Waals surface area contributed by atoms with Gasteiger partial charge in [-0.05, 0) is 6.92 Å². The third-order valence-corrected chi connectivity index (χ3v) is 0. The van der Waals surface area contributed by atoms with Crippen LogP contribution in [0.4, 0.5) is 4.39 Å². The van der Waals surface area contributed by atoms with Crippen LogP contribution in [0.25, 0.3) is 0 Å². The third-order valence-electron chi connectivity index (χ3n) is 0. The summed E-state index contributed by atoms with van der Waals surface area (Å²) < 4.78 is 8.75. The van der Waals surface area contributed by atoms with Crippen molar-refractivity contribution in [2.75, 3.05) is 6.61 Å². The number of aliphatic hydroxyl groups is 1. The average Bonchev–Trinajstić information content (AvgIpc) is 1.46. The summed E-state index contributed by atoms with van der Waals surface area (Å²) in [6, 6.07) is 0. The van der Waals surface area contributed by atoms with Crippen molar-refractivity contribution in [2.24, 2.45) is 0 Å². The second kappa shape index (κ2) is 41.0. The van der Waals surface area contributed by atoms with E-state index in [0.29, 0.717) is 0 Å². The zero-order valence-electron chi connectivity index (χ0n) is 3.03. The van der Waals surface area contributed by atoms with Crippen LogP contribution in [-0.2, 0) is 0 Å². The van der Waals surface area contributed by atoms with Crippen LogP contribution in [0.5, 0.6) is 0 Å². The normalized spacial score (nSPS) is 4.80. The van der Waals surface area contributed by atoms with Gasteiger partial charge in [-0.3, -0.25) is 0 Å². The van der Waals surface area contributed by atoms with Crippen LogP contribution in [0.1, 0.15) is 6.92 Å². The number of rotatable bonds is 0. The van der Waals surface area contributed by atoms with Crippen molar-refractivity contribution in [3.63, 3.8) is 0 Å². The fraction of sp³-hybridized carbons (Fsp3) is 0.667. The lowest BCUT2D eigenvalue weighted by atomic mass is 10.9. The Balaban J connectivity index is 0. The van der Waals surface area contributed by atoms with Crippen LogP contribution in [0.15, 0.2) is 0 Å². The van der Waals surface area contributed by atoms with E-state index >= 15 is 0 Å². The van der Waals surface area contributed by atoms with Crippen molar-refractivity contribution in [1.29, 1.82) is 0 Å². The summed E-state index contributed by atoms with van der Waals surface area (Å²) in [7, 11) is 4.25. The first-order chi connectivity index (χ1) is 2.41. The van der Waals surface area contributed by atoms with Gasteiger partial charge >= 0.3 is 0 Å². The summed E-state index contributed by atoms with van der Waals surface area (Å²) in [4.78, 5) is 0. The topological polar surface area (TPSA) is 20.2 Å². The van der Waals surface area contributed by atoms with Gasteiger partial charge in [-0.2, -0.15) is 0 Å². The molecule has 0 amide bonds. The molecule has 0 fully saturated rings. The van der Waals surface area contributed by atoms with Gasteiger partial charge in [0, 0.05) is 6.61 Å². The zero-order chi connectivity index (χ0) is 4.71. The van der Waals surface area contributed by atoms with Crippen molar-refractivity contribution in [3.05, 3.63) is 7.18 Å². The van der Waals surface area contributed by atoms with Crippen molar-refractivity contribution < 1.29 is 9.50 Å². The van der Waals surface area contributed by atoms with Crippen LogP contribution in [-0.4, -0.2) is 11.7 Å². The molecule has 0 spiro atoms. The van der Waals surface area contributed by atoms with E-state index in [0.717, 1.165) is 0 Å². The molecule has 0 aliphatic carbocycles. The van der Waals surface area contributed by atoms with Gasteiger partial charge in [-0.1, -0.05) is 0 Å². The maximum Gasteiger partial charge on any atom is 0.232 e. The first-order valence-electron chi connectivity index (χ1n) is 1.21. The van der Waals surface area contributed by atoms with E-state index in [-0.39, 0.29) is 6.61 Å². The Hall–Kier alpha value is -0.110. The Kier molecular flexibility index (Phi) is 72.7. The van der Waals surface area contributed by atoms with Gasteiger partial charge in [-0.15, -0.1) is 0 Å². The predicted octanol–water partition coefficient (Wildman–Crippen LogP) is 0.500. The van der Waals surface area contributed by atoms with Crippen LogP contribution in [0, 0.1) is 7.18 Å². The molecule has 0 heterocycles. The highest BCUT2D eigenvalue weighted by atomic mass is 19.1. The Morgan fingerprint density at radius 3 is 1.80 bits per heavy atom. The van der Waals surface area contributed by atoms with Gasteiger partial charge in [0.05, 0.1) is 0 Å². The summed E-state index contributed by atoms with van der Waals surface area (Å²) >= 11 is 0. The maximum atomic E-state index is 8.75. The zero-order valence-corrected chi connectivity index (χ0v) is 3.03. The average molecular weight is 77.1 g/mol. The van der Waals surface area contributed by atoms with E-state index in [4.69, 9.17) is 9.50 Å². The molecule has 0 unspecified atom stereocenters. The lowest BCUT2D eigenvalue weighted by molar-refractivity contribution is 0.318. The van der Waals surface area contributed by atoms with Crippen molar-refractivity contribution >= 4 is 0 Å². The fourth-order valence-electron chi connectivity index (χ4n) is 0. The van der Waals surface area contributed by atoms with E-state index in [9.17, 15) is 0 Å². The highest BCUT2D eigenvalue weighted by molar-refractivity contribution is 3.84. The molecule has 1 nitrogen and oxygen atoms in total. The third kappa shape index (κ3) is 1150. The standard InChI is InChI=1S/C2H6O.CF/c1-2-3;1-2/h3H,2H2,1H3;. The van der Waals surface area contributed by atoms with E-state index in [1.165, 1.54) is 0 Å². The van der Waals surface area contributed by atoms with E-state index in [1.807, 2.05) is 0 Å². The molecule has 5 heavy (non-hydrogen) atoms. The Morgan fingerprint density at radius 1 is 1.80 bits per heavy atom. The minimum absolute atomic E-state index is 0.250.